The van der Waals surface area contributed by atoms with Crippen LogP contribution in [0.15, 0.2) is 41.1 Å². The minimum absolute atomic E-state index is 0.673. The topological polar surface area (TPSA) is 108 Å². The molecule has 0 atom stereocenters. The summed E-state index contributed by atoms with van der Waals surface area (Å²) >= 11 is 0. The number of ether oxygens (including phenoxy) is 1. The molecule has 0 unspecified atom stereocenters. The molecule has 6 rings (SSSR count). The van der Waals surface area contributed by atoms with E-state index in [1.165, 1.54) is 0 Å². The van der Waals surface area contributed by atoms with Gasteiger partial charge in [-0.1, -0.05) is 11.2 Å². The van der Waals surface area contributed by atoms with Crippen LogP contribution in [0.25, 0.3) is 50.1 Å². The van der Waals surface area contributed by atoms with E-state index in [0.717, 1.165) is 78.7 Å². The molecule has 0 spiro atoms. The Balaban J connectivity index is 1.65. The highest BCUT2D eigenvalue weighted by atomic mass is 16.5. The van der Waals surface area contributed by atoms with E-state index in [0.29, 0.717) is 5.82 Å². The van der Waals surface area contributed by atoms with E-state index in [2.05, 4.69) is 21.2 Å². The van der Waals surface area contributed by atoms with Crippen molar-refractivity contribution < 1.29 is 9.26 Å². The van der Waals surface area contributed by atoms with Crippen molar-refractivity contribution >= 4 is 21.9 Å². The van der Waals surface area contributed by atoms with E-state index in [1.807, 2.05) is 63.6 Å². The molecule has 9 heteroatoms. The zero-order valence-corrected chi connectivity index (χ0v) is 21.0. The summed E-state index contributed by atoms with van der Waals surface area (Å²) in [5.74, 6) is 2.90. The van der Waals surface area contributed by atoms with Crippen LogP contribution in [0.5, 0.6) is 5.75 Å². The number of methoxy groups -OCH3 is 1. The Kier molecular flexibility index (Phi) is 4.89. The van der Waals surface area contributed by atoms with Crippen molar-refractivity contribution in [2.24, 2.45) is 0 Å². The molecule has 0 saturated heterocycles. The minimum Gasteiger partial charge on any atom is -0.496 e. The summed E-state index contributed by atoms with van der Waals surface area (Å²) in [5.41, 5.74) is 7.95. The van der Waals surface area contributed by atoms with Gasteiger partial charge in [-0.25, -0.2) is 19.6 Å². The molecule has 0 aliphatic heterocycles. The molecule has 1 aromatic carbocycles. The van der Waals surface area contributed by atoms with Gasteiger partial charge in [0.2, 0.25) is 0 Å². The van der Waals surface area contributed by atoms with E-state index in [9.17, 15) is 0 Å². The van der Waals surface area contributed by atoms with Crippen molar-refractivity contribution in [1.82, 2.24) is 34.9 Å². The molecule has 5 heterocycles. The molecular formula is C27H25N7O2. The molecule has 6 aromatic rings. The van der Waals surface area contributed by atoms with Crippen LogP contribution < -0.4 is 4.74 Å². The summed E-state index contributed by atoms with van der Waals surface area (Å²) in [4.78, 5) is 17.6. The molecule has 36 heavy (non-hydrogen) atoms. The number of aromatic nitrogens is 7. The molecule has 0 fully saturated rings. The second kappa shape index (κ2) is 8.01. The molecule has 0 amide bonds. The number of hydrogen-bond donors (Lipinski definition) is 1. The van der Waals surface area contributed by atoms with Gasteiger partial charge < -0.3 is 14.2 Å². The van der Waals surface area contributed by atoms with Gasteiger partial charge in [-0.3, -0.25) is 0 Å². The van der Waals surface area contributed by atoms with Crippen molar-refractivity contribution in [3.63, 3.8) is 0 Å². The Labute approximate surface area is 207 Å². The number of H-pyrrole nitrogens is 1. The molecule has 180 valence electrons. The van der Waals surface area contributed by atoms with Gasteiger partial charge in [0.25, 0.3) is 0 Å². The molecule has 0 bridgehead atoms. The van der Waals surface area contributed by atoms with Crippen molar-refractivity contribution in [2.45, 2.75) is 34.6 Å². The highest BCUT2D eigenvalue weighted by Crippen LogP contribution is 2.42. The van der Waals surface area contributed by atoms with Crippen LogP contribution in [0.3, 0.4) is 0 Å². The van der Waals surface area contributed by atoms with Gasteiger partial charge in [-0.2, -0.15) is 5.10 Å². The van der Waals surface area contributed by atoms with Crippen molar-refractivity contribution in [3.05, 3.63) is 65.2 Å². The maximum absolute atomic E-state index is 5.84. The summed E-state index contributed by atoms with van der Waals surface area (Å²) in [7, 11) is 1.67. The van der Waals surface area contributed by atoms with Crippen LogP contribution in [0, 0.1) is 34.6 Å². The highest BCUT2D eigenvalue weighted by Gasteiger charge is 2.24. The summed E-state index contributed by atoms with van der Waals surface area (Å²) < 4.78 is 13.1. The summed E-state index contributed by atoms with van der Waals surface area (Å²) in [5, 5.41) is 10.8. The maximum Gasteiger partial charge on any atom is 0.153 e. The summed E-state index contributed by atoms with van der Waals surface area (Å²) in [6, 6.07) is 9.89. The summed E-state index contributed by atoms with van der Waals surface area (Å²) in [6.07, 6.45) is 1.76. The lowest BCUT2D eigenvalue weighted by Gasteiger charge is -2.10. The number of hydrogen-bond acceptors (Lipinski definition) is 7. The van der Waals surface area contributed by atoms with Gasteiger partial charge in [0.05, 0.1) is 40.8 Å². The Morgan fingerprint density at radius 1 is 0.972 bits per heavy atom. The number of fused-ring (bicyclic) bond motifs is 3. The van der Waals surface area contributed by atoms with E-state index < -0.39 is 0 Å². The van der Waals surface area contributed by atoms with Crippen molar-refractivity contribution in [1.29, 1.82) is 0 Å². The van der Waals surface area contributed by atoms with E-state index in [4.69, 9.17) is 24.3 Å². The van der Waals surface area contributed by atoms with E-state index in [-0.39, 0.29) is 0 Å². The fraction of sp³-hybridized carbons (Fsp3) is 0.222. The Bertz CT molecular complexity index is 1760. The molecular weight excluding hydrogens is 454 g/mol. The first kappa shape index (κ1) is 22.0. The number of pyridine rings is 1. The number of nitrogens with one attached hydrogen (secondary N) is 1. The fourth-order valence-corrected chi connectivity index (χ4v) is 5.04. The Morgan fingerprint density at radius 2 is 1.81 bits per heavy atom. The van der Waals surface area contributed by atoms with Gasteiger partial charge in [0, 0.05) is 28.2 Å². The number of aromatic amines is 1. The van der Waals surface area contributed by atoms with Crippen LogP contribution in [-0.4, -0.2) is 42.0 Å². The Hall–Kier alpha value is -4.53. The number of aryl methyl sites for hydroxylation is 4. The third-order valence-electron chi connectivity index (χ3n) is 6.58. The van der Waals surface area contributed by atoms with Gasteiger partial charge in [-0.15, -0.1) is 0 Å². The highest BCUT2D eigenvalue weighted by molar-refractivity contribution is 6.14. The molecule has 0 aliphatic carbocycles. The monoisotopic (exact) mass is 479 g/mol. The van der Waals surface area contributed by atoms with Crippen LogP contribution in [0.4, 0.5) is 0 Å². The zero-order valence-electron chi connectivity index (χ0n) is 21.0. The number of benzene rings is 1. The first-order chi connectivity index (χ1) is 17.4. The number of nitrogens with zero attached hydrogens (tertiary/aromatic N) is 6. The van der Waals surface area contributed by atoms with Crippen molar-refractivity contribution in [3.8, 4) is 34.0 Å². The predicted molar refractivity (Wildman–Crippen MR) is 137 cm³/mol. The first-order valence-corrected chi connectivity index (χ1v) is 11.7. The second-order valence-corrected chi connectivity index (χ2v) is 8.91. The van der Waals surface area contributed by atoms with E-state index >= 15 is 0 Å². The largest absolute Gasteiger partial charge is 0.496 e. The van der Waals surface area contributed by atoms with E-state index in [1.54, 1.807) is 13.3 Å². The third-order valence-corrected chi connectivity index (χ3v) is 6.58. The molecule has 0 aliphatic rings. The first-order valence-electron chi connectivity index (χ1n) is 11.7. The smallest absolute Gasteiger partial charge is 0.153 e. The molecule has 5 aromatic heterocycles. The van der Waals surface area contributed by atoms with Crippen LogP contribution >= 0.6 is 0 Å². The predicted octanol–water partition coefficient (Wildman–Crippen LogP) is 5.56. The Morgan fingerprint density at radius 3 is 2.50 bits per heavy atom. The lowest BCUT2D eigenvalue weighted by molar-refractivity contribution is 0.393. The summed E-state index contributed by atoms with van der Waals surface area (Å²) in [6.45, 7) is 9.77. The second-order valence-electron chi connectivity index (χ2n) is 8.91. The lowest BCUT2D eigenvalue weighted by atomic mass is 9.99. The van der Waals surface area contributed by atoms with Gasteiger partial charge >= 0.3 is 0 Å². The molecule has 0 saturated carbocycles. The quantitative estimate of drug-likeness (QED) is 0.352. The van der Waals surface area contributed by atoms with Crippen molar-refractivity contribution in [2.75, 3.05) is 7.11 Å². The van der Waals surface area contributed by atoms with Gasteiger partial charge in [0.15, 0.2) is 5.82 Å². The van der Waals surface area contributed by atoms with Crippen LogP contribution in [0.2, 0.25) is 0 Å². The average Bonchev–Trinajstić information content (AvgIpc) is 3.49. The normalized spacial score (nSPS) is 11.6. The fourth-order valence-electron chi connectivity index (χ4n) is 5.04. The SMILES string of the molecule is COc1cc2c(cc1-c1c(C)noc1C)[nH]c1nc(C)nc(-c3c(C)nn(-c4ccccn4)c3C)c12. The minimum atomic E-state index is 0.673. The van der Waals surface area contributed by atoms with Gasteiger partial charge in [0.1, 0.15) is 23.0 Å². The molecule has 9 nitrogen and oxygen atoms in total. The standard InChI is InChI=1S/C27H25N7O2/c1-13-23(15(3)34(32-13)22-9-7-8-10-28-22)26-25-18-12-21(35-6)19(24-14(2)33-36-16(24)4)11-20(18)31-27(25)30-17(5)29-26/h7-12H,1-6H3,(H,29,30,31). The molecule has 0 radical (unpaired) electrons. The van der Waals surface area contributed by atoms with Gasteiger partial charge in [-0.05, 0) is 58.9 Å². The van der Waals surface area contributed by atoms with Crippen LogP contribution in [-0.2, 0) is 0 Å². The third kappa shape index (κ3) is 3.19. The molecule has 1 N–H and O–H groups in total. The average molecular weight is 480 g/mol. The number of rotatable bonds is 4. The lowest BCUT2D eigenvalue weighted by Crippen LogP contribution is -2.01. The van der Waals surface area contributed by atoms with Crippen LogP contribution in [0.1, 0.15) is 28.7 Å². The zero-order chi connectivity index (χ0) is 25.1. The maximum atomic E-state index is 5.84.